The van der Waals surface area contributed by atoms with Crippen LogP contribution < -0.4 is 14.2 Å². The maximum Gasteiger partial charge on any atom is 0.164 e. The van der Waals surface area contributed by atoms with Gasteiger partial charge in [-0.05, 0) is 30.3 Å². The molecule has 0 aliphatic rings. The van der Waals surface area contributed by atoms with E-state index in [4.69, 9.17) is 30.8 Å². The van der Waals surface area contributed by atoms with Gasteiger partial charge in [-0.3, -0.25) is 0 Å². The van der Waals surface area contributed by atoms with E-state index in [9.17, 15) is 0 Å². The Morgan fingerprint density at radius 3 is 2.29 bits per heavy atom. The summed E-state index contributed by atoms with van der Waals surface area (Å²) < 4.78 is 16.9. The Morgan fingerprint density at radius 2 is 1.50 bits per heavy atom. The highest BCUT2D eigenvalue weighted by atomic mass is 35.5. The normalized spacial score (nSPS) is 10.7. The fraction of sp³-hybridized carbons (Fsp3) is 0.0870. The van der Waals surface area contributed by atoms with Gasteiger partial charge < -0.3 is 14.2 Å². The Bertz CT molecular complexity index is 1140. The van der Waals surface area contributed by atoms with E-state index in [1.807, 2.05) is 60.7 Å². The fourth-order valence-electron chi connectivity index (χ4n) is 3.03. The van der Waals surface area contributed by atoms with Crippen molar-refractivity contribution in [1.29, 1.82) is 0 Å². The Balaban J connectivity index is 1.86. The van der Waals surface area contributed by atoms with Crippen LogP contribution in [0, 0.1) is 0 Å². The molecule has 0 fully saturated rings. The first kappa shape index (κ1) is 18.1. The molecule has 0 unspecified atom stereocenters. The number of aromatic nitrogens is 1. The lowest BCUT2D eigenvalue weighted by Crippen LogP contribution is -1.95. The van der Waals surface area contributed by atoms with Gasteiger partial charge in [0.2, 0.25) is 0 Å². The van der Waals surface area contributed by atoms with E-state index in [2.05, 4.69) is 0 Å². The van der Waals surface area contributed by atoms with E-state index >= 15 is 0 Å². The topological polar surface area (TPSA) is 40.6 Å². The van der Waals surface area contributed by atoms with Gasteiger partial charge in [-0.15, -0.1) is 0 Å². The number of halogens is 1. The van der Waals surface area contributed by atoms with Crippen LogP contribution in [-0.4, -0.2) is 19.2 Å². The van der Waals surface area contributed by atoms with E-state index in [0.717, 1.165) is 16.5 Å². The standard InChI is InChI=1S/C23H18ClNO3/c1-26-20-12-11-16(14-21(20)27-2)28-22-13-15-7-3-6-10-19(15)25-23(22)17-8-4-5-9-18(17)24/h3-14H,1-2H3. The summed E-state index contributed by atoms with van der Waals surface area (Å²) in [5.41, 5.74) is 2.36. The lowest BCUT2D eigenvalue weighted by atomic mass is 10.1. The molecule has 3 aromatic carbocycles. The SMILES string of the molecule is COc1ccc(Oc2cc3ccccc3nc2-c2ccccc2Cl)cc1OC. The molecule has 4 rings (SSSR count). The smallest absolute Gasteiger partial charge is 0.164 e. The minimum Gasteiger partial charge on any atom is -0.493 e. The highest BCUT2D eigenvalue weighted by Gasteiger charge is 2.15. The second-order valence-corrected chi connectivity index (χ2v) is 6.53. The van der Waals surface area contributed by atoms with Crippen LogP contribution in [-0.2, 0) is 0 Å². The molecule has 1 aromatic heterocycles. The van der Waals surface area contributed by atoms with Gasteiger partial charge in [0.05, 0.1) is 24.8 Å². The van der Waals surface area contributed by atoms with Crippen LogP contribution in [0.4, 0.5) is 0 Å². The molecule has 4 aromatic rings. The van der Waals surface area contributed by atoms with Crippen molar-refractivity contribution in [1.82, 2.24) is 4.98 Å². The summed E-state index contributed by atoms with van der Waals surface area (Å²) in [6.45, 7) is 0. The van der Waals surface area contributed by atoms with Crippen molar-refractivity contribution in [3.05, 3.63) is 77.8 Å². The summed E-state index contributed by atoms with van der Waals surface area (Å²) in [5.74, 6) is 2.45. The largest absolute Gasteiger partial charge is 0.493 e. The third-order valence-corrected chi connectivity index (χ3v) is 4.73. The van der Waals surface area contributed by atoms with Crippen molar-refractivity contribution in [3.63, 3.8) is 0 Å². The molecular weight excluding hydrogens is 374 g/mol. The van der Waals surface area contributed by atoms with Gasteiger partial charge in [0.25, 0.3) is 0 Å². The Hall–Kier alpha value is -3.24. The summed E-state index contributed by atoms with van der Waals surface area (Å²) in [6.07, 6.45) is 0. The van der Waals surface area contributed by atoms with Crippen LogP contribution in [0.15, 0.2) is 72.8 Å². The molecule has 28 heavy (non-hydrogen) atoms. The van der Waals surface area contributed by atoms with Crippen LogP contribution >= 0.6 is 11.6 Å². The van der Waals surface area contributed by atoms with Crippen molar-refractivity contribution >= 4 is 22.5 Å². The average Bonchev–Trinajstić information content (AvgIpc) is 2.73. The number of benzene rings is 3. The van der Waals surface area contributed by atoms with Gasteiger partial charge in [0.1, 0.15) is 11.4 Å². The number of rotatable bonds is 5. The number of pyridine rings is 1. The highest BCUT2D eigenvalue weighted by Crippen LogP contribution is 2.39. The molecule has 0 N–H and O–H groups in total. The van der Waals surface area contributed by atoms with Crippen molar-refractivity contribution in [2.45, 2.75) is 0 Å². The second-order valence-electron chi connectivity index (χ2n) is 6.13. The predicted molar refractivity (Wildman–Crippen MR) is 112 cm³/mol. The quantitative estimate of drug-likeness (QED) is 0.396. The first-order valence-corrected chi connectivity index (χ1v) is 9.12. The number of methoxy groups -OCH3 is 2. The third kappa shape index (κ3) is 3.47. The molecule has 0 aliphatic carbocycles. The lowest BCUT2D eigenvalue weighted by Gasteiger charge is -2.15. The van der Waals surface area contributed by atoms with Gasteiger partial charge in [0.15, 0.2) is 17.2 Å². The molecular formula is C23H18ClNO3. The van der Waals surface area contributed by atoms with Gasteiger partial charge in [-0.25, -0.2) is 4.98 Å². The summed E-state index contributed by atoms with van der Waals surface area (Å²) in [6, 6.07) is 22.9. The van der Waals surface area contributed by atoms with Crippen molar-refractivity contribution < 1.29 is 14.2 Å². The molecule has 0 atom stereocenters. The van der Waals surface area contributed by atoms with Crippen LogP contribution in [0.5, 0.6) is 23.0 Å². The third-order valence-electron chi connectivity index (χ3n) is 4.40. The predicted octanol–water partition coefficient (Wildman–Crippen LogP) is 6.36. The lowest BCUT2D eigenvalue weighted by molar-refractivity contribution is 0.352. The Kier molecular flexibility index (Phi) is 5.04. The first-order valence-electron chi connectivity index (χ1n) is 8.74. The molecule has 0 spiro atoms. The zero-order valence-electron chi connectivity index (χ0n) is 15.5. The number of fused-ring (bicyclic) bond motifs is 1. The van der Waals surface area contributed by atoms with Crippen LogP contribution in [0.1, 0.15) is 0 Å². The minimum atomic E-state index is 0.591. The number of nitrogens with zero attached hydrogens (tertiary/aromatic N) is 1. The van der Waals surface area contributed by atoms with E-state index < -0.39 is 0 Å². The molecule has 0 bridgehead atoms. The average molecular weight is 392 g/mol. The second kappa shape index (κ2) is 7.79. The monoisotopic (exact) mass is 391 g/mol. The van der Waals surface area contributed by atoms with Crippen LogP contribution in [0.3, 0.4) is 0 Å². The Labute approximate surface area is 168 Å². The molecule has 0 saturated heterocycles. The molecule has 0 saturated carbocycles. The summed E-state index contributed by atoms with van der Waals surface area (Å²) in [5, 5.41) is 1.59. The van der Waals surface area contributed by atoms with Gasteiger partial charge in [-0.1, -0.05) is 48.0 Å². The number of hydrogen-bond acceptors (Lipinski definition) is 4. The van der Waals surface area contributed by atoms with E-state index in [-0.39, 0.29) is 0 Å². The van der Waals surface area contributed by atoms with E-state index in [0.29, 0.717) is 33.7 Å². The molecule has 0 aliphatic heterocycles. The molecule has 5 heteroatoms. The zero-order chi connectivity index (χ0) is 19.5. The molecule has 0 amide bonds. The van der Waals surface area contributed by atoms with Crippen LogP contribution in [0.25, 0.3) is 22.2 Å². The number of para-hydroxylation sites is 1. The summed E-state index contributed by atoms with van der Waals surface area (Å²) >= 11 is 6.44. The Morgan fingerprint density at radius 1 is 0.750 bits per heavy atom. The maximum atomic E-state index is 6.44. The molecule has 1 heterocycles. The number of ether oxygens (including phenoxy) is 3. The zero-order valence-corrected chi connectivity index (χ0v) is 16.2. The van der Waals surface area contributed by atoms with Crippen molar-refractivity contribution in [2.75, 3.05) is 14.2 Å². The minimum absolute atomic E-state index is 0.591. The van der Waals surface area contributed by atoms with Gasteiger partial charge in [-0.2, -0.15) is 0 Å². The van der Waals surface area contributed by atoms with E-state index in [1.165, 1.54) is 0 Å². The molecule has 140 valence electrons. The molecule has 0 radical (unpaired) electrons. The van der Waals surface area contributed by atoms with Crippen molar-refractivity contribution in [2.24, 2.45) is 0 Å². The summed E-state index contributed by atoms with van der Waals surface area (Å²) in [7, 11) is 3.19. The van der Waals surface area contributed by atoms with Crippen molar-refractivity contribution in [3.8, 4) is 34.3 Å². The maximum absolute atomic E-state index is 6.44. The van der Waals surface area contributed by atoms with Crippen LogP contribution in [0.2, 0.25) is 5.02 Å². The summed E-state index contributed by atoms with van der Waals surface area (Å²) in [4.78, 5) is 4.81. The highest BCUT2D eigenvalue weighted by molar-refractivity contribution is 6.33. The first-order chi connectivity index (χ1) is 13.7. The molecule has 4 nitrogen and oxygen atoms in total. The van der Waals surface area contributed by atoms with E-state index in [1.54, 1.807) is 26.4 Å². The number of hydrogen-bond donors (Lipinski definition) is 0. The van der Waals surface area contributed by atoms with Gasteiger partial charge in [0, 0.05) is 17.0 Å². The fourth-order valence-corrected chi connectivity index (χ4v) is 3.25. The van der Waals surface area contributed by atoms with Gasteiger partial charge >= 0.3 is 0 Å².